The van der Waals surface area contributed by atoms with Crippen LogP contribution < -0.4 is 5.56 Å². The number of benzene rings is 1. The first kappa shape index (κ1) is 15.6. The van der Waals surface area contributed by atoms with Gasteiger partial charge in [-0.15, -0.1) is 0 Å². The first-order valence-electron chi connectivity index (χ1n) is 7.76. The summed E-state index contributed by atoms with van der Waals surface area (Å²) < 4.78 is 1.76. The van der Waals surface area contributed by atoms with Crippen LogP contribution >= 0.6 is 0 Å². The maximum Gasteiger partial charge on any atom is 0.270 e. The monoisotopic (exact) mass is 286 g/mol. The summed E-state index contributed by atoms with van der Waals surface area (Å²) in [5, 5.41) is 3.35. The SMILES string of the molecule is CCCCc1c(-c2cccc(C)c2)[nH]n(C(C)(C)C)c1=O. The lowest BCUT2D eigenvalue weighted by Crippen LogP contribution is -2.33. The van der Waals surface area contributed by atoms with Crippen LogP contribution in [0.5, 0.6) is 0 Å². The molecule has 21 heavy (non-hydrogen) atoms. The van der Waals surface area contributed by atoms with Gasteiger partial charge in [0.2, 0.25) is 0 Å². The molecule has 3 nitrogen and oxygen atoms in total. The third-order valence-corrected chi connectivity index (χ3v) is 3.74. The molecule has 0 bridgehead atoms. The number of aromatic nitrogens is 2. The van der Waals surface area contributed by atoms with Crippen molar-refractivity contribution in [2.45, 2.75) is 59.4 Å². The Hall–Kier alpha value is -1.77. The van der Waals surface area contributed by atoms with Crippen molar-refractivity contribution in [3.8, 4) is 11.3 Å². The van der Waals surface area contributed by atoms with Crippen LogP contribution in [0.3, 0.4) is 0 Å². The van der Waals surface area contributed by atoms with E-state index in [1.807, 2.05) is 6.07 Å². The molecule has 1 aromatic heterocycles. The predicted octanol–water partition coefficient (Wildman–Crippen LogP) is 4.25. The zero-order valence-electron chi connectivity index (χ0n) is 13.8. The number of unbranched alkanes of at least 4 members (excludes halogenated alkanes) is 1. The second-order valence-corrected chi connectivity index (χ2v) is 6.75. The molecule has 0 fully saturated rings. The molecule has 2 aromatic rings. The summed E-state index contributed by atoms with van der Waals surface area (Å²) in [6.45, 7) is 10.4. The van der Waals surface area contributed by atoms with Gasteiger partial charge in [0.1, 0.15) is 0 Å². The molecule has 2 rings (SSSR count). The number of H-pyrrole nitrogens is 1. The van der Waals surface area contributed by atoms with Crippen LogP contribution in [0.1, 0.15) is 51.7 Å². The molecule has 0 aliphatic rings. The van der Waals surface area contributed by atoms with Gasteiger partial charge < -0.3 is 0 Å². The van der Waals surface area contributed by atoms with Gasteiger partial charge in [0.15, 0.2) is 0 Å². The highest BCUT2D eigenvalue weighted by Gasteiger charge is 2.22. The van der Waals surface area contributed by atoms with Crippen LogP contribution in [0, 0.1) is 6.92 Å². The first-order chi connectivity index (χ1) is 9.84. The molecule has 0 saturated heterocycles. The van der Waals surface area contributed by atoms with Crippen LogP contribution in [-0.2, 0) is 12.0 Å². The molecule has 1 heterocycles. The maximum atomic E-state index is 12.7. The van der Waals surface area contributed by atoms with E-state index >= 15 is 0 Å². The molecule has 0 aliphatic heterocycles. The average Bonchev–Trinajstić information content (AvgIpc) is 2.73. The molecule has 0 atom stereocenters. The quantitative estimate of drug-likeness (QED) is 0.896. The van der Waals surface area contributed by atoms with Crippen LogP contribution in [0.4, 0.5) is 0 Å². The van der Waals surface area contributed by atoms with Gasteiger partial charge in [0, 0.05) is 11.1 Å². The number of nitrogens with zero attached hydrogens (tertiary/aromatic N) is 1. The Labute approximate surface area is 127 Å². The highest BCUT2D eigenvalue weighted by atomic mass is 16.1. The maximum absolute atomic E-state index is 12.7. The Morgan fingerprint density at radius 3 is 2.52 bits per heavy atom. The second-order valence-electron chi connectivity index (χ2n) is 6.75. The van der Waals surface area contributed by atoms with Gasteiger partial charge in [-0.05, 0) is 46.6 Å². The van der Waals surface area contributed by atoms with E-state index in [1.165, 1.54) is 5.56 Å². The molecule has 0 amide bonds. The average molecular weight is 286 g/mol. The van der Waals surface area contributed by atoms with Crippen LogP contribution in [0.15, 0.2) is 29.1 Å². The topological polar surface area (TPSA) is 37.8 Å². The van der Waals surface area contributed by atoms with Crippen molar-refractivity contribution in [1.29, 1.82) is 0 Å². The fraction of sp³-hybridized carbons (Fsp3) is 0.500. The van der Waals surface area contributed by atoms with Crippen LogP contribution in [0.25, 0.3) is 11.3 Å². The zero-order chi connectivity index (χ0) is 15.6. The van der Waals surface area contributed by atoms with Crippen molar-refractivity contribution in [2.24, 2.45) is 0 Å². The molecule has 0 saturated carbocycles. The minimum absolute atomic E-state index is 0.118. The van der Waals surface area contributed by atoms with E-state index in [0.29, 0.717) is 0 Å². The smallest absolute Gasteiger partial charge is 0.270 e. The van der Waals surface area contributed by atoms with Crippen molar-refractivity contribution in [3.63, 3.8) is 0 Å². The molecule has 1 N–H and O–H groups in total. The summed E-state index contributed by atoms with van der Waals surface area (Å²) in [7, 11) is 0. The molecular weight excluding hydrogens is 260 g/mol. The Kier molecular flexibility index (Phi) is 4.40. The van der Waals surface area contributed by atoms with Crippen molar-refractivity contribution >= 4 is 0 Å². The molecule has 3 heteroatoms. The summed E-state index contributed by atoms with van der Waals surface area (Å²) in [6, 6.07) is 8.32. The zero-order valence-corrected chi connectivity index (χ0v) is 13.8. The van der Waals surface area contributed by atoms with E-state index in [0.717, 1.165) is 36.1 Å². The van der Waals surface area contributed by atoms with Gasteiger partial charge in [-0.2, -0.15) is 0 Å². The molecule has 0 unspecified atom stereocenters. The predicted molar refractivity (Wildman–Crippen MR) is 88.8 cm³/mol. The van der Waals surface area contributed by atoms with Gasteiger partial charge in [-0.3, -0.25) is 9.89 Å². The Balaban J connectivity index is 2.61. The largest absolute Gasteiger partial charge is 0.294 e. The molecular formula is C18H26N2O. The molecule has 114 valence electrons. The Morgan fingerprint density at radius 1 is 1.24 bits per heavy atom. The summed E-state index contributed by atoms with van der Waals surface area (Å²) >= 11 is 0. The highest BCUT2D eigenvalue weighted by Crippen LogP contribution is 2.24. The van der Waals surface area contributed by atoms with Gasteiger partial charge in [0.05, 0.1) is 11.2 Å². The molecule has 0 radical (unpaired) electrons. The second kappa shape index (κ2) is 5.92. The normalized spacial score (nSPS) is 11.9. The number of aromatic amines is 1. The van der Waals surface area contributed by atoms with E-state index < -0.39 is 0 Å². The fourth-order valence-corrected chi connectivity index (χ4v) is 2.57. The highest BCUT2D eigenvalue weighted by molar-refractivity contribution is 5.63. The first-order valence-corrected chi connectivity index (χ1v) is 7.76. The minimum Gasteiger partial charge on any atom is -0.294 e. The number of nitrogens with one attached hydrogen (secondary N) is 1. The van der Waals surface area contributed by atoms with Crippen molar-refractivity contribution in [2.75, 3.05) is 0 Å². The Bertz CT molecular complexity index is 671. The lowest BCUT2D eigenvalue weighted by atomic mass is 10.0. The van der Waals surface area contributed by atoms with E-state index in [-0.39, 0.29) is 11.1 Å². The summed E-state index contributed by atoms with van der Waals surface area (Å²) in [5.41, 5.74) is 4.08. The summed E-state index contributed by atoms with van der Waals surface area (Å²) in [5.74, 6) is 0. The van der Waals surface area contributed by atoms with E-state index in [2.05, 4.69) is 57.9 Å². The van der Waals surface area contributed by atoms with Gasteiger partial charge in [0.25, 0.3) is 5.56 Å². The molecule has 0 aliphatic carbocycles. The van der Waals surface area contributed by atoms with Crippen molar-refractivity contribution in [1.82, 2.24) is 9.78 Å². The third-order valence-electron chi connectivity index (χ3n) is 3.74. The van der Waals surface area contributed by atoms with E-state index in [1.54, 1.807) is 4.68 Å². The standard InChI is InChI=1S/C18H26N2O/c1-6-7-11-15-16(14-10-8-9-13(2)12-14)19-20(17(15)21)18(3,4)5/h8-10,12,19H,6-7,11H2,1-5H3. The third kappa shape index (κ3) is 3.29. The fourth-order valence-electron chi connectivity index (χ4n) is 2.57. The summed E-state index contributed by atoms with van der Waals surface area (Å²) in [6.07, 6.45) is 2.96. The number of hydrogen-bond acceptors (Lipinski definition) is 1. The lowest BCUT2D eigenvalue weighted by Gasteiger charge is -2.19. The van der Waals surface area contributed by atoms with Gasteiger partial charge >= 0.3 is 0 Å². The van der Waals surface area contributed by atoms with Gasteiger partial charge in [-0.1, -0.05) is 37.1 Å². The van der Waals surface area contributed by atoms with Crippen molar-refractivity contribution < 1.29 is 0 Å². The minimum atomic E-state index is -0.236. The number of aryl methyl sites for hydroxylation is 1. The van der Waals surface area contributed by atoms with Crippen molar-refractivity contribution in [3.05, 3.63) is 45.7 Å². The van der Waals surface area contributed by atoms with E-state index in [9.17, 15) is 4.79 Å². The van der Waals surface area contributed by atoms with Gasteiger partial charge in [-0.25, -0.2) is 4.68 Å². The van der Waals surface area contributed by atoms with E-state index in [4.69, 9.17) is 0 Å². The molecule has 0 spiro atoms. The number of rotatable bonds is 4. The summed E-state index contributed by atoms with van der Waals surface area (Å²) in [4.78, 5) is 12.7. The van der Waals surface area contributed by atoms with Crippen LogP contribution in [-0.4, -0.2) is 9.78 Å². The Morgan fingerprint density at radius 2 is 1.95 bits per heavy atom. The molecule has 1 aromatic carbocycles. The lowest BCUT2D eigenvalue weighted by molar-refractivity contribution is 0.346. The number of hydrogen-bond donors (Lipinski definition) is 1. The van der Waals surface area contributed by atoms with Crippen LogP contribution in [0.2, 0.25) is 0 Å².